The van der Waals surface area contributed by atoms with E-state index in [1.807, 2.05) is 30.3 Å². The highest BCUT2D eigenvalue weighted by Gasteiger charge is 2.30. The Bertz CT molecular complexity index is 787. The first-order chi connectivity index (χ1) is 12.4. The van der Waals surface area contributed by atoms with E-state index in [0.29, 0.717) is 6.54 Å². The molecule has 1 aromatic carbocycles. The molecule has 2 aliphatic heterocycles. The summed E-state index contributed by atoms with van der Waals surface area (Å²) in [6.07, 6.45) is 3.89. The van der Waals surface area contributed by atoms with Crippen molar-refractivity contribution in [2.75, 3.05) is 24.6 Å². The Morgan fingerprint density at radius 2 is 1.92 bits per heavy atom. The molecule has 8 heteroatoms. The summed E-state index contributed by atoms with van der Waals surface area (Å²) in [5.74, 6) is 0.0893. The molecule has 0 saturated carbocycles. The van der Waals surface area contributed by atoms with Crippen LogP contribution in [0.25, 0.3) is 0 Å². The van der Waals surface area contributed by atoms with Gasteiger partial charge in [0.15, 0.2) is 9.84 Å². The number of hydrogen-bond acceptors (Lipinski definition) is 5. The fourth-order valence-electron chi connectivity index (χ4n) is 3.12. The van der Waals surface area contributed by atoms with Gasteiger partial charge >= 0.3 is 0 Å². The second-order valence-corrected chi connectivity index (χ2v) is 10.0. The summed E-state index contributed by atoms with van der Waals surface area (Å²) in [7, 11) is -3.23. The van der Waals surface area contributed by atoms with Crippen LogP contribution in [0, 0.1) is 0 Å². The molecule has 0 aliphatic carbocycles. The summed E-state index contributed by atoms with van der Waals surface area (Å²) in [6, 6.07) is 9.20. The standard InChI is InChI=1S/C18H22N2O3S3/c21-17(13-25-18(24)19-9-4-5-10-19)20(12-15-6-2-1-3-7-15)16-8-11-26(22,23)14-16/h1-3,6-8,11,16H,4-5,9-10,12-14H2/t16-/m1/s1. The molecule has 0 radical (unpaired) electrons. The van der Waals surface area contributed by atoms with E-state index in [1.54, 1.807) is 11.0 Å². The monoisotopic (exact) mass is 410 g/mol. The predicted molar refractivity (Wildman–Crippen MR) is 110 cm³/mol. The molecule has 1 amide bonds. The van der Waals surface area contributed by atoms with Gasteiger partial charge in [-0.3, -0.25) is 4.79 Å². The molecule has 26 heavy (non-hydrogen) atoms. The summed E-state index contributed by atoms with van der Waals surface area (Å²) in [6.45, 7) is 2.30. The van der Waals surface area contributed by atoms with Gasteiger partial charge in [0.2, 0.25) is 5.91 Å². The predicted octanol–water partition coefficient (Wildman–Crippen LogP) is 2.44. The van der Waals surface area contributed by atoms with Gasteiger partial charge in [0.05, 0.1) is 17.5 Å². The lowest BCUT2D eigenvalue weighted by molar-refractivity contribution is -0.130. The van der Waals surface area contributed by atoms with Gasteiger partial charge in [-0.15, -0.1) is 0 Å². The third-order valence-corrected chi connectivity index (χ3v) is 7.40. The zero-order valence-electron chi connectivity index (χ0n) is 14.4. The molecule has 0 spiro atoms. The summed E-state index contributed by atoms with van der Waals surface area (Å²) >= 11 is 6.80. The number of nitrogens with zero attached hydrogens (tertiary/aromatic N) is 2. The molecular formula is C18H22N2O3S3. The SMILES string of the molecule is O=C(CSC(=S)N1CCCC1)N(Cc1ccccc1)[C@@H]1C=CS(=O)(=O)C1. The molecular weight excluding hydrogens is 388 g/mol. The van der Waals surface area contributed by atoms with Crippen molar-refractivity contribution in [3.63, 3.8) is 0 Å². The van der Waals surface area contributed by atoms with E-state index in [9.17, 15) is 13.2 Å². The van der Waals surface area contributed by atoms with Crippen LogP contribution in [0.15, 0.2) is 41.8 Å². The average molecular weight is 411 g/mol. The number of hydrogen-bond donors (Lipinski definition) is 0. The Hall–Kier alpha value is -1.38. The molecule has 2 heterocycles. The van der Waals surface area contributed by atoms with Crippen LogP contribution in [0.5, 0.6) is 0 Å². The molecule has 1 atom stereocenters. The Morgan fingerprint density at radius 3 is 2.54 bits per heavy atom. The van der Waals surface area contributed by atoms with Crippen molar-refractivity contribution in [3.05, 3.63) is 47.4 Å². The maximum absolute atomic E-state index is 12.9. The molecule has 0 aromatic heterocycles. The number of thioether (sulfide) groups is 1. The number of carbonyl (C=O) groups is 1. The number of rotatable bonds is 5. The van der Waals surface area contributed by atoms with E-state index < -0.39 is 15.9 Å². The van der Waals surface area contributed by atoms with Crippen molar-refractivity contribution in [2.24, 2.45) is 0 Å². The van der Waals surface area contributed by atoms with E-state index in [1.165, 1.54) is 17.2 Å². The third-order valence-electron chi connectivity index (χ3n) is 4.51. The summed E-state index contributed by atoms with van der Waals surface area (Å²) in [5.41, 5.74) is 0.977. The van der Waals surface area contributed by atoms with Crippen molar-refractivity contribution in [2.45, 2.75) is 25.4 Å². The van der Waals surface area contributed by atoms with Crippen LogP contribution in [-0.4, -0.2) is 59.1 Å². The molecule has 3 rings (SSSR count). The molecule has 140 valence electrons. The Labute approximate surface area is 164 Å². The van der Waals surface area contributed by atoms with Gasteiger partial charge in [0.25, 0.3) is 0 Å². The quantitative estimate of drug-likeness (QED) is 0.695. The number of amides is 1. The lowest BCUT2D eigenvalue weighted by Gasteiger charge is -2.28. The maximum atomic E-state index is 12.9. The lowest BCUT2D eigenvalue weighted by atomic mass is 10.2. The van der Waals surface area contributed by atoms with E-state index in [4.69, 9.17) is 12.2 Å². The zero-order chi connectivity index (χ0) is 18.6. The first kappa shape index (κ1) is 19.4. The number of sulfone groups is 1. The van der Waals surface area contributed by atoms with Crippen molar-refractivity contribution >= 4 is 44.0 Å². The molecule has 0 bridgehead atoms. The summed E-state index contributed by atoms with van der Waals surface area (Å²) < 4.78 is 24.4. The van der Waals surface area contributed by atoms with Gasteiger partial charge in [0, 0.05) is 25.0 Å². The molecule has 0 N–H and O–H groups in total. The maximum Gasteiger partial charge on any atom is 0.233 e. The zero-order valence-corrected chi connectivity index (χ0v) is 16.9. The Balaban J connectivity index is 1.67. The van der Waals surface area contributed by atoms with Crippen LogP contribution in [0.2, 0.25) is 0 Å². The molecule has 5 nitrogen and oxygen atoms in total. The highest BCUT2D eigenvalue weighted by atomic mass is 32.2. The minimum atomic E-state index is -3.23. The van der Waals surface area contributed by atoms with Gasteiger partial charge in [-0.05, 0) is 24.5 Å². The van der Waals surface area contributed by atoms with Gasteiger partial charge in [0.1, 0.15) is 4.32 Å². The summed E-state index contributed by atoms with van der Waals surface area (Å²) in [5, 5.41) is 1.21. The summed E-state index contributed by atoms with van der Waals surface area (Å²) in [4.78, 5) is 16.6. The van der Waals surface area contributed by atoms with Crippen LogP contribution in [-0.2, 0) is 21.2 Å². The Morgan fingerprint density at radius 1 is 1.23 bits per heavy atom. The number of thiocarbonyl (C=S) groups is 1. The van der Waals surface area contributed by atoms with Gasteiger partial charge in [-0.25, -0.2) is 8.42 Å². The molecule has 2 aliphatic rings. The topological polar surface area (TPSA) is 57.7 Å². The highest BCUT2D eigenvalue weighted by molar-refractivity contribution is 8.23. The smallest absolute Gasteiger partial charge is 0.233 e. The Kier molecular flexibility index (Phi) is 6.37. The van der Waals surface area contributed by atoms with Crippen LogP contribution >= 0.6 is 24.0 Å². The minimum Gasteiger partial charge on any atom is -0.358 e. The number of likely N-dealkylation sites (tertiary alicyclic amines) is 1. The molecule has 0 unspecified atom stereocenters. The fraction of sp³-hybridized carbons (Fsp3) is 0.444. The first-order valence-corrected chi connectivity index (χ1v) is 11.7. The average Bonchev–Trinajstić information content (AvgIpc) is 3.28. The largest absolute Gasteiger partial charge is 0.358 e. The van der Waals surface area contributed by atoms with Crippen LogP contribution in [0.4, 0.5) is 0 Å². The first-order valence-electron chi connectivity index (χ1n) is 8.61. The van der Waals surface area contributed by atoms with Crippen LogP contribution in [0.3, 0.4) is 0 Å². The van der Waals surface area contributed by atoms with Crippen molar-refractivity contribution in [3.8, 4) is 0 Å². The van der Waals surface area contributed by atoms with E-state index >= 15 is 0 Å². The molecule has 1 fully saturated rings. The fourth-order valence-corrected chi connectivity index (χ4v) is 5.56. The highest BCUT2D eigenvalue weighted by Crippen LogP contribution is 2.21. The third kappa shape index (κ3) is 5.08. The van der Waals surface area contributed by atoms with Gasteiger partial charge in [-0.1, -0.05) is 54.3 Å². The van der Waals surface area contributed by atoms with E-state index in [2.05, 4.69) is 4.90 Å². The molecule has 1 saturated heterocycles. The number of benzene rings is 1. The lowest BCUT2D eigenvalue weighted by Crippen LogP contribution is -2.41. The second kappa shape index (κ2) is 8.54. The second-order valence-electron chi connectivity index (χ2n) is 6.48. The van der Waals surface area contributed by atoms with E-state index in [-0.39, 0.29) is 17.4 Å². The minimum absolute atomic E-state index is 0.0488. The van der Waals surface area contributed by atoms with Crippen LogP contribution in [0.1, 0.15) is 18.4 Å². The van der Waals surface area contributed by atoms with Crippen LogP contribution < -0.4 is 0 Å². The molecule has 1 aromatic rings. The van der Waals surface area contributed by atoms with Crippen molar-refractivity contribution in [1.29, 1.82) is 0 Å². The van der Waals surface area contributed by atoms with Gasteiger partial charge in [-0.2, -0.15) is 0 Å². The van der Waals surface area contributed by atoms with Crippen molar-refractivity contribution in [1.82, 2.24) is 9.80 Å². The van der Waals surface area contributed by atoms with Crippen molar-refractivity contribution < 1.29 is 13.2 Å². The van der Waals surface area contributed by atoms with E-state index in [0.717, 1.165) is 35.8 Å². The normalized spacial score (nSPS) is 21.1. The van der Waals surface area contributed by atoms with Gasteiger partial charge < -0.3 is 9.80 Å². The number of carbonyl (C=O) groups excluding carboxylic acids is 1.